The Morgan fingerprint density at radius 1 is 1.07 bits per heavy atom. The zero-order valence-corrected chi connectivity index (χ0v) is 16.5. The van der Waals surface area contributed by atoms with E-state index in [1.54, 1.807) is 4.68 Å². The first kappa shape index (κ1) is 18.4. The van der Waals surface area contributed by atoms with Gasteiger partial charge in [-0.25, -0.2) is 0 Å². The number of hydrogen-bond acceptors (Lipinski definition) is 3. The largest absolute Gasteiger partial charge is 0.337 e. The predicted octanol–water partition coefficient (Wildman–Crippen LogP) is 4.29. The van der Waals surface area contributed by atoms with E-state index < -0.39 is 0 Å². The smallest absolute Gasteiger partial charge is 0.274 e. The summed E-state index contributed by atoms with van der Waals surface area (Å²) < 4.78 is 1.79. The highest BCUT2D eigenvalue weighted by Gasteiger charge is 2.26. The van der Waals surface area contributed by atoms with E-state index in [2.05, 4.69) is 48.4 Å². The Morgan fingerprint density at radius 2 is 1.82 bits per heavy atom. The topological polar surface area (TPSA) is 51.0 Å². The fraction of sp³-hybridized carbons (Fsp3) is 0.348. The number of aromatic nitrogens is 3. The van der Waals surface area contributed by atoms with E-state index in [1.165, 1.54) is 11.1 Å². The standard InChI is InChI=1S/C23H26N4O/c1-3-27-14-11-21(25-27)23(28)26-12-9-19(10-13-26)22-16-20(15-17(2)24-22)18-7-5-4-6-8-18/h4-8,11,14-16,19H,3,9-10,12-13H2,1-2H3. The lowest BCUT2D eigenvalue weighted by Gasteiger charge is -2.31. The third kappa shape index (κ3) is 3.84. The molecule has 1 aliphatic rings. The maximum atomic E-state index is 12.7. The van der Waals surface area contributed by atoms with Crippen LogP contribution in [-0.2, 0) is 6.54 Å². The van der Waals surface area contributed by atoms with Crippen molar-refractivity contribution in [1.82, 2.24) is 19.7 Å². The van der Waals surface area contributed by atoms with Crippen LogP contribution in [0.5, 0.6) is 0 Å². The van der Waals surface area contributed by atoms with Gasteiger partial charge in [0.25, 0.3) is 5.91 Å². The van der Waals surface area contributed by atoms with Crippen LogP contribution >= 0.6 is 0 Å². The Labute approximate surface area is 166 Å². The molecule has 0 unspecified atom stereocenters. The summed E-state index contributed by atoms with van der Waals surface area (Å²) in [5, 5.41) is 4.35. The lowest BCUT2D eigenvalue weighted by molar-refractivity contribution is 0.0705. The van der Waals surface area contributed by atoms with Gasteiger partial charge in [0.05, 0.1) is 0 Å². The van der Waals surface area contributed by atoms with Gasteiger partial charge in [-0.2, -0.15) is 5.10 Å². The number of nitrogens with zero attached hydrogens (tertiary/aromatic N) is 4. The maximum absolute atomic E-state index is 12.7. The molecule has 0 spiro atoms. The molecule has 0 saturated carbocycles. The third-order valence-corrected chi connectivity index (χ3v) is 5.46. The van der Waals surface area contributed by atoms with Crippen LogP contribution in [0.4, 0.5) is 0 Å². The molecule has 1 amide bonds. The number of benzene rings is 1. The molecular weight excluding hydrogens is 348 g/mol. The van der Waals surface area contributed by atoms with Crippen molar-refractivity contribution in [2.45, 2.75) is 39.2 Å². The monoisotopic (exact) mass is 374 g/mol. The Hall–Kier alpha value is -2.95. The van der Waals surface area contributed by atoms with Crippen molar-refractivity contribution in [1.29, 1.82) is 0 Å². The van der Waals surface area contributed by atoms with E-state index in [-0.39, 0.29) is 5.91 Å². The summed E-state index contributed by atoms with van der Waals surface area (Å²) in [6, 6.07) is 16.6. The van der Waals surface area contributed by atoms with Gasteiger partial charge in [0.15, 0.2) is 0 Å². The van der Waals surface area contributed by atoms with Crippen LogP contribution in [0.1, 0.15) is 47.6 Å². The first-order chi connectivity index (χ1) is 13.6. The Balaban J connectivity index is 1.46. The summed E-state index contributed by atoms with van der Waals surface area (Å²) in [6.45, 7) is 6.35. The van der Waals surface area contributed by atoms with Gasteiger partial charge in [0.1, 0.15) is 5.69 Å². The summed E-state index contributed by atoms with van der Waals surface area (Å²) >= 11 is 0. The van der Waals surface area contributed by atoms with Crippen LogP contribution in [0.25, 0.3) is 11.1 Å². The van der Waals surface area contributed by atoms with Gasteiger partial charge in [0, 0.05) is 43.1 Å². The molecule has 144 valence electrons. The molecule has 5 heteroatoms. The van der Waals surface area contributed by atoms with E-state index in [0.717, 1.165) is 43.9 Å². The number of pyridine rings is 1. The first-order valence-corrected chi connectivity index (χ1v) is 10.0. The highest BCUT2D eigenvalue weighted by atomic mass is 16.2. The van der Waals surface area contributed by atoms with Crippen molar-refractivity contribution in [3.63, 3.8) is 0 Å². The molecule has 1 aromatic carbocycles. The minimum atomic E-state index is 0.0350. The van der Waals surface area contributed by atoms with Crippen LogP contribution in [-0.4, -0.2) is 38.7 Å². The van der Waals surface area contributed by atoms with E-state index in [9.17, 15) is 4.79 Å². The average molecular weight is 374 g/mol. The third-order valence-electron chi connectivity index (χ3n) is 5.46. The van der Waals surface area contributed by atoms with Crippen LogP contribution in [0.2, 0.25) is 0 Å². The number of carbonyl (C=O) groups is 1. The van der Waals surface area contributed by atoms with Crippen molar-refractivity contribution in [2.24, 2.45) is 0 Å². The minimum Gasteiger partial charge on any atom is -0.337 e. The molecule has 1 saturated heterocycles. The first-order valence-electron chi connectivity index (χ1n) is 10.0. The normalized spacial score (nSPS) is 15.0. The molecule has 5 nitrogen and oxygen atoms in total. The molecule has 0 bridgehead atoms. The number of hydrogen-bond donors (Lipinski definition) is 0. The second-order valence-electron chi connectivity index (χ2n) is 7.41. The van der Waals surface area contributed by atoms with Crippen molar-refractivity contribution in [3.8, 4) is 11.1 Å². The minimum absolute atomic E-state index is 0.0350. The van der Waals surface area contributed by atoms with Crippen molar-refractivity contribution in [2.75, 3.05) is 13.1 Å². The van der Waals surface area contributed by atoms with Crippen molar-refractivity contribution >= 4 is 5.91 Å². The predicted molar refractivity (Wildman–Crippen MR) is 110 cm³/mol. The lowest BCUT2D eigenvalue weighted by Crippen LogP contribution is -2.38. The molecule has 1 fully saturated rings. The lowest BCUT2D eigenvalue weighted by atomic mass is 9.91. The number of rotatable bonds is 4. The molecule has 3 heterocycles. The van der Waals surface area contributed by atoms with Gasteiger partial charge < -0.3 is 4.90 Å². The summed E-state index contributed by atoms with van der Waals surface area (Å²) in [4.78, 5) is 19.4. The molecular formula is C23H26N4O. The Bertz CT molecular complexity index is 956. The molecule has 0 atom stereocenters. The Morgan fingerprint density at radius 3 is 2.50 bits per heavy atom. The number of likely N-dealkylation sites (tertiary alicyclic amines) is 1. The van der Waals surface area contributed by atoms with E-state index >= 15 is 0 Å². The van der Waals surface area contributed by atoms with Crippen LogP contribution < -0.4 is 0 Å². The number of carbonyl (C=O) groups excluding carboxylic acids is 1. The molecule has 0 N–H and O–H groups in total. The van der Waals surface area contributed by atoms with Crippen molar-refractivity contribution in [3.05, 3.63) is 71.8 Å². The molecule has 0 radical (unpaired) electrons. The number of aryl methyl sites for hydroxylation is 2. The summed E-state index contributed by atoms with van der Waals surface area (Å²) in [5.41, 5.74) is 5.15. The van der Waals surface area contributed by atoms with Crippen LogP contribution in [0, 0.1) is 6.92 Å². The van der Waals surface area contributed by atoms with Gasteiger partial charge in [-0.3, -0.25) is 14.5 Å². The van der Waals surface area contributed by atoms with E-state index in [4.69, 9.17) is 4.98 Å². The summed E-state index contributed by atoms with van der Waals surface area (Å²) in [6.07, 6.45) is 3.73. The van der Waals surface area contributed by atoms with Crippen LogP contribution in [0.3, 0.4) is 0 Å². The summed E-state index contributed by atoms with van der Waals surface area (Å²) in [7, 11) is 0. The van der Waals surface area contributed by atoms with E-state index in [1.807, 2.05) is 30.2 Å². The molecule has 3 aromatic rings. The van der Waals surface area contributed by atoms with E-state index in [0.29, 0.717) is 11.6 Å². The molecule has 4 rings (SSSR count). The summed E-state index contributed by atoms with van der Waals surface area (Å²) in [5.74, 6) is 0.424. The average Bonchev–Trinajstić information content (AvgIpc) is 3.23. The fourth-order valence-corrected chi connectivity index (χ4v) is 3.89. The highest BCUT2D eigenvalue weighted by Crippen LogP contribution is 2.30. The van der Waals surface area contributed by atoms with Gasteiger partial charge >= 0.3 is 0 Å². The molecule has 28 heavy (non-hydrogen) atoms. The Kier molecular flexibility index (Phi) is 5.24. The highest BCUT2D eigenvalue weighted by molar-refractivity contribution is 5.92. The van der Waals surface area contributed by atoms with Gasteiger partial charge in [-0.15, -0.1) is 0 Å². The maximum Gasteiger partial charge on any atom is 0.274 e. The molecule has 2 aromatic heterocycles. The molecule has 0 aliphatic carbocycles. The van der Waals surface area contributed by atoms with Crippen molar-refractivity contribution < 1.29 is 4.79 Å². The second-order valence-corrected chi connectivity index (χ2v) is 7.41. The SMILES string of the molecule is CCn1ccc(C(=O)N2CCC(c3cc(-c4ccccc4)cc(C)n3)CC2)n1. The van der Waals surface area contributed by atoms with Gasteiger partial charge in [0.2, 0.25) is 0 Å². The zero-order chi connectivity index (χ0) is 19.5. The number of piperidine rings is 1. The second kappa shape index (κ2) is 7.97. The molecule has 1 aliphatic heterocycles. The fourth-order valence-electron chi connectivity index (χ4n) is 3.89. The number of amides is 1. The quantitative estimate of drug-likeness (QED) is 0.684. The van der Waals surface area contributed by atoms with Crippen LogP contribution in [0.15, 0.2) is 54.7 Å². The van der Waals surface area contributed by atoms with Gasteiger partial charge in [-0.05, 0) is 56.0 Å². The zero-order valence-electron chi connectivity index (χ0n) is 16.5. The van der Waals surface area contributed by atoms with Gasteiger partial charge in [-0.1, -0.05) is 30.3 Å².